The van der Waals surface area contributed by atoms with E-state index in [-0.39, 0.29) is 21.4 Å². The molecule has 8 heteroatoms. The number of carboxylic acids is 1. The number of carbonyl (C=O) groups is 2. The van der Waals surface area contributed by atoms with Gasteiger partial charge < -0.3 is 20.0 Å². The summed E-state index contributed by atoms with van der Waals surface area (Å²) < 4.78 is 5.05. The highest BCUT2D eigenvalue weighted by Crippen LogP contribution is 2.20. The van der Waals surface area contributed by atoms with E-state index in [1.807, 2.05) is 0 Å². The highest BCUT2D eigenvalue weighted by Gasteiger charge is 2.11. The van der Waals surface area contributed by atoms with Gasteiger partial charge in [0.15, 0.2) is 5.11 Å². The van der Waals surface area contributed by atoms with Crippen molar-refractivity contribution in [2.75, 3.05) is 12.4 Å². The van der Waals surface area contributed by atoms with Crippen LogP contribution < -0.4 is 20.5 Å². The van der Waals surface area contributed by atoms with Crippen LogP contribution in [0.5, 0.6) is 5.75 Å². The van der Waals surface area contributed by atoms with Crippen molar-refractivity contribution in [1.82, 2.24) is 5.32 Å². The molecule has 0 saturated carbocycles. The maximum absolute atomic E-state index is 12.1. The zero-order chi connectivity index (χ0) is 17.7. The van der Waals surface area contributed by atoms with Gasteiger partial charge >= 0.3 is 0 Å². The molecular weight excluding hydrogens is 352 g/mol. The maximum Gasteiger partial charge on any atom is 0.257 e. The van der Waals surface area contributed by atoms with Crippen molar-refractivity contribution in [3.05, 3.63) is 58.6 Å². The Morgan fingerprint density at radius 2 is 1.96 bits per heavy atom. The van der Waals surface area contributed by atoms with E-state index in [9.17, 15) is 14.7 Å². The molecule has 0 atom stereocenters. The number of hydrogen-bond donors (Lipinski definition) is 2. The monoisotopic (exact) mass is 363 g/mol. The minimum atomic E-state index is -1.41. The second kappa shape index (κ2) is 7.76. The zero-order valence-corrected chi connectivity index (χ0v) is 14.0. The first-order valence-electron chi connectivity index (χ1n) is 6.68. The molecule has 0 radical (unpaired) electrons. The Hall–Kier alpha value is -2.64. The Bertz CT molecular complexity index is 810. The summed E-state index contributed by atoms with van der Waals surface area (Å²) in [6, 6.07) is 10.7. The van der Waals surface area contributed by atoms with Crippen molar-refractivity contribution >= 4 is 46.5 Å². The van der Waals surface area contributed by atoms with Crippen LogP contribution in [0.2, 0.25) is 5.02 Å². The summed E-state index contributed by atoms with van der Waals surface area (Å²) in [5.74, 6) is -1.35. The van der Waals surface area contributed by atoms with E-state index in [0.717, 1.165) is 0 Å². The number of amides is 1. The van der Waals surface area contributed by atoms with Crippen LogP contribution in [0.4, 0.5) is 5.69 Å². The first kappa shape index (κ1) is 17.7. The summed E-state index contributed by atoms with van der Waals surface area (Å²) in [6.45, 7) is 0. The lowest BCUT2D eigenvalue weighted by Gasteiger charge is -2.14. The number of carbonyl (C=O) groups excluding carboxylic acids is 2. The number of rotatable bonds is 4. The van der Waals surface area contributed by atoms with Gasteiger partial charge in [-0.15, -0.1) is 0 Å². The van der Waals surface area contributed by atoms with E-state index < -0.39 is 11.9 Å². The smallest absolute Gasteiger partial charge is 0.257 e. The number of anilines is 1. The van der Waals surface area contributed by atoms with E-state index in [1.54, 1.807) is 24.3 Å². The van der Waals surface area contributed by atoms with Crippen molar-refractivity contribution in [2.24, 2.45) is 0 Å². The van der Waals surface area contributed by atoms with E-state index in [1.165, 1.54) is 25.3 Å². The van der Waals surface area contributed by atoms with Crippen molar-refractivity contribution in [3.63, 3.8) is 0 Å². The number of nitrogens with one attached hydrogen (secondary N) is 2. The molecular formula is C16H12ClN2O4S-. The summed E-state index contributed by atoms with van der Waals surface area (Å²) in [5.41, 5.74) is 0.338. The van der Waals surface area contributed by atoms with Crippen molar-refractivity contribution in [3.8, 4) is 5.75 Å². The lowest BCUT2D eigenvalue weighted by molar-refractivity contribution is -0.254. The topological polar surface area (TPSA) is 90.5 Å². The minimum Gasteiger partial charge on any atom is -0.545 e. The maximum atomic E-state index is 12.1. The Kier molecular flexibility index (Phi) is 5.73. The first-order valence-corrected chi connectivity index (χ1v) is 7.46. The van der Waals surface area contributed by atoms with Crippen LogP contribution in [-0.2, 0) is 0 Å². The summed E-state index contributed by atoms with van der Waals surface area (Å²) in [5, 5.41) is 16.4. The quantitative estimate of drug-likeness (QED) is 0.805. The largest absolute Gasteiger partial charge is 0.545 e. The minimum absolute atomic E-state index is 0.0624. The van der Waals surface area contributed by atoms with Crippen LogP contribution in [0.3, 0.4) is 0 Å². The summed E-state index contributed by atoms with van der Waals surface area (Å²) >= 11 is 10.8. The lowest BCUT2D eigenvalue weighted by atomic mass is 10.2. The third-order valence-electron chi connectivity index (χ3n) is 3.01. The fourth-order valence-electron chi connectivity index (χ4n) is 1.89. The highest BCUT2D eigenvalue weighted by molar-refractivity contribution is 7.80. The second-order valence-electron chi connectivity index (χ2n) is 4.62. The Morgan fingerprint density at radius 1 is 1.21 bits per heavy atom. The summed E-state index contributed by atoms with van der Waals surface area (Å²) in [6.07, 6.45) is 0. The van der Waals surface area contributed by atoms with Gasteiger partial charge in [-0.05, 0) is 48.6 Å². The molecule has 124 valence electrons. The number of aromatic carboxylic acids is 1. The van der Waals surface area contributed by atoms with Gasteiger partial charge in [0.05, 0.1) is 13.1 Å². The molecule has 2 aromatic rings. The normalized spacial score (nSPS) is 9.92. The Morgan fingerprint density at radius 3 is 2.62 bits per heavy atom. The molecule has 0 bridgehead atoms. The SMILES string of the molecule is COc1cccc(C(=O)NC(=S)Nc2ccc(Cl)cc2C(=O)[O-])c1. The number of benzene rings is 2. The molecule has 6 nitrogen and oxygen atoms in total. The standard InChI is InChI=1S/C16H13ClN2O4S/c1-23-11-4-2-3-9(7-11)14(20)19-16(24)18-13-6-5-10(17)8-12(13)15(21)22/h2-8H,1H3,(H,21,22)(H2,18,19,20,24)/p-1. The van der Waals surface area contributed by atoms with E-state index in [0.29, 0.717) is 11.3 Å². The van der Waals surface area contributed by atoms with E-state index in [2.05, 4.69) is 10.6 Å². The average Bonchev–Trinajstić information content (AvgIpc) is 2.56. The van der Waals surface area contributed by atoms with Gasteiger partial charge in [-0.3, -0.25) is 10.1 Å². The molecule has 0 unspecified atom stereocenters. The zero-order valence-electron chi connectivity index (χ0n) is 12.5. The summed E-state index contributed by atoms with van der Waals surface area (Å²) in [7, 11) is 1.49. The van der Waals surface area contributed by atoms with Gasteiger partial charge in [-0.1, -0.05) is 17.7 Å². The predicted molar refractivity (Wildman–Crippen MR) is 92.5 cm³/mol. The number of hydrogen-bond acceptors (Lipinski definition) is 5. The van der Waals surface area contributed by atoms with Crippen LogP contribution in [0, 0.1) is 0 Å². The van der Waals surface area contributed by atoms with E-state index in [4.69, 9.17) is 28.6 Å². The van der Waals surface area contributed by atoms with Gasteiger partial charge in [-0.2, -0.15) is 0 Å². The molecule has 2 aromatic carbocycles. The molecule has 0 fully saturated rings. The van der Waals surface area contributed by atoms with Gasteiger partial charge in [0.1, 0.15) is 5.75 Å². The molecule has 0 spiro atoms. The molecule has 0 saturated heterocycles. The molecule has 2 N–H and O–H groups in total. The van der Waals surface area contributed by atoms with Gasteiger partial charge in [0.2, 0.25) is 0 Å². The molecule has 0 heterocycles. The van der Waals surface area contributed by atoms with Crippen molar-refractivity contribution in [2.45, 2.75) is 0 Å². The van der Waals surface area contributed by atoms with Crippen molar-refractivity contribution < 1.29 is 19.4 Å². The summed E-state index contributed by atoms with van der Waals surface area (Å²) in [4.78, 5) is 23.3. The van der Waals surface area contributed by atoms with Crippen LogP contribution in [-0.4, -0.2) is 24.1 Å². The third-order valence-corrected chi connectivity index (χ3v) is 3.45. The third kappa shape index (κ3) is 4.43. The molecule has 2 rings (SSSR count). The molecule has 1 amide bonds. The highest BCUT2D eigenvalue weighted by atomic mass is 35.5. The number of ether oxygens (including phenoxy) is 1. The molecule has 0 aliphatic rings. The van der Waals surface area contributed by atoms with Crippen molar-refractivity contribution in [1.29, 1.82) is 0 Å². The van der Waals surface area contributed by atoms with Gasteiger partial charge in [0, 0.05) is 21.8 Å². The molecule has 0 aliphatic heterocycles. The fourth-order valence-corrected chi connectivity index (χ4v) is 2.26. The van der Waals surface area contributed by atoms with Gasteiger partial charge in [-0.25, -0.2) is 0 Å². The van der Waals surface area contributed by atoms with Gasteiger partial charge in [0.25, 0.3) is 5.91 Å². The number of methoxy groups -OCH3 is 1. The first-order chi connectivity index (χ1) is 11.4. The van der Waals surface area contributed by atoms with Crippen LogP contribution >= 0.6 is 23.8 Å². The second-order valence-corrected chi connectivity index (χ2v) is 5.46. The number of halogens is 1. The fraction of sp³-hybridized carbons (Fsp3) is 0.0625. The number of thiocarbonyl (C=S) groups is 1. The van der Waals surface area contributed by atoms with E-state index >= 15 is 0 Å². The van der Waals surface area contributed by atoms with Crippen LogP contribution in [0.1, 0.15) is 20.7 Å². The van der Waals surface area contributed by atoms with Crippen LogP contribution in [0.15, 0.2) is 42.5 Å². The number of carboxylic acid groups (broad SMARTS) is 1. The van der Waals surface area contributed by atoms with Crippen LogP contribution in [0.25, 0.3) is 0 Å². The predicted octanol–water partition coefficient (Wildman–Crippen LogP) is 1.84. The molecule has 0 aromatic heterocycles. The molecule has 24 heavy (non-hydrogen) atoms. The Labute approximate surface area is 148 Å². The molecule has 0 aliphatic carbocycles. The lowest BCUT2D eigenvalue weighted by Crippen LogP contribution is -2.35. The average molecular weight is 364 g/mol. The Balaban J connectivity index is 2.11.